The smallest absolute Gasteiger partial charge is 0.0454 e. The molecule has 0 aliphatic rings. The first-order valence-electron chi connectivity index (χ1n) is 7.43. The van der Waals surface area contributed by atoms with Crippen molar-refractivity contribution in [2.75, 3.05) is 6.54 Å². The zero-order valence-electron chi connectivity index (χ0n) is 12.3. The Morgan fingerprint density at radius 1 is 1.05 bits per heavy atom. The van der Waals surface area contributed by atoms with Gasteiger partial charge in [0.25, 0.3) is 0 Å². The van der Waals surface area contributed by atoms with Gasteiger partial charge in [0.15, 0.2) is 0 Å². The van der Waals surface area contributed by atoms with Crippen LogP contribution in [0.15, 0.2) is 48.5 Å². The van der Waals surface area contributed by atoms with Crippen LogP contribution in [-0.2, 0) is 6.42 Å². The van der Waals surface area contributed by atoms with Crippen LogP contribution in [0.3, 0.4) is 0 Å². The molecule has 2 aromatic rings. The van der Waals surface area contributed by atoms with Gasteiger partial charge in [0, 0.05) is 16.1 Å². The standard InChI is InChI=1S/C18H21Cl2N/c1-2-12-21-18(11-8-14-6-4-3-5-7-14)16-13-15(19)9-10-17(16)20/h3-7,9-10,13,18,21H,2,8,11-12H2,1H3. The number of hydrogen-bond donors (Lipinski definition) is 1. The van der Waals surface area contributed by atoms with Crippen LogP contribution in [-0.4, -0.2) is 6.54 Å². The summed E-state index contributed by atoms with van der Waals surface area (Å²) in [4.78, 5) is 0. The van der Waals surface area contributed by atoms with Gasteiger partial charge >= 0.3 is 0 Å². The number of hydrogen-bond acceptors (Lipinski definition) is 1. The number of benzene rings is 2. The molecule has 0 heterocycles. The van der Waals surface area contributed by atoms with Crippen LogP contribution in [0.5, 0.6) is 0 Å². The predicted octanol–water partition coefficient (Wildman–Crippen LogP) is 5.67. The SMILES string of the molecule is CCCNC(CCc1ccccc1)c1cc(Cl)ccc1Cl. The highest BCUT2D eigenvalue weighted by atomic mass is 35.5. The molecule has 0 aliphatic heterocycles. The molecule has 1 unspecified atom stereocenters. The van der Waals surface area contributed by atoms with Gasteiger partial charge < -0.3 is 5.32 Å². The molecule has 1 atom stereocenters. The minimum Gasteiger partial charge on any atom is -0.310 e. The molecule has 1 N–H and O–H groups in total. The first-order chi connectivity index (χ1) is 10.2. The van der Waals surface area contributed by atoms with Crippen molar-refractivity contribution in [1.82, 2.24) is 5.32 Å². The molecule has 0 saturated heterocycles. The van der Waals surface area contributed by atoms with Crippen molar-refractivity contribution >= 4 is 23.2 Å². The molecule has 0 aliphatic carbocycles. The van der Waals surface area contributed by atoms with Gasteiger partial charge in [-0.3, -0.25) is 0 Å². The van der Waals surface area contributed by atoms with Gasteiger partial charge in [-0.15, -0.1) is 0 Å². The van der Waals surface area contributed by atoms with Crippen molar-refractivity contribution in [2.24, 2.45) is 0 Å². The fourth-order valence-electron chi connectivity index (χ4n) is 2.42. The van der Waals surface area contributed by atoms with Crippen LogP contribution in [0.1, 0.15) is 36.9 Å². The summed E-state index contributed by atoms with van der Waals surface area (Å²) in [6.45, 7) is 3.14. The molecule has 2 rings (SSSR count). The Morgan fingerprint density at radius 2 is 1.81 bits per heavy atom. The lowest BCUT2D eigenvalue weighted by Crippen LogP contribution is -2.23. The molecule has 0 aromatic heterocycles. The van der Waals surface area contributed by atoms with E-state index < -0.39 is 0 Å². The van der Waals surface area contributed by atoms with E-state index in [4.69, 9.17) is 23.2 Å². The summed E-state index contributed by atoms with van der Waals surface area (Å²) in [5.41, 5.74) is 2.44. The van der Waals surface area contributed by atoms with Crippen LogP contribution < -0.4 is 5.32 Å². The van der Waals surface area contributed by atoms with Crippen molar-refractivity contribution in [3.63, 3.8) is 0 Å². The highest BCUT2D eigenvalue weighted by Crippen LogP contribution is 2.29. The van der Waals surface area contributed by atoms with Crippen molar-refractivity contribution in [3.05, 3.63) is 69.7 Å². The highest BCUT2D eigenvalue weighted by molar-refractivity contribution is 6.33. The molecule has 0 bridgehead atoms. The lowest BCUT2D eigenvalue weighted by molar-refractivity contribution is 0.499. The maximum atomic E-state index is 6.35. The molecule has 0 radical (unpaired) electrons. The van der Waals surface area contributed by atoms with Crippen LogP contribution >= 0.6 is 23.2 Å². The van der Waals surface area contributed by atoms with E-state index in [2.05, 4.69) is 36.5 Å². The second-order valence-electron chi connectivity index (χ2n) is 5.20. The summed E-state index contributed by atoms with van der Waals surface area (Å²) in [7, 11) is 0. The largest absolute Gasteiger partial charge is 0.310 e. The van der Waals surface area contributed by atoms with Gasteiger partial charge in [0.2, 0.25) is 0 Å². The molecular formula is C18H21Cl2N. The Kier molecular flexibility index (Phi) is 6.56. The summed E-state index contributed by atoms with van der Waals surface area (Å²) >= 11 is 12.5. The van der Waals surface area contributed by atoms with Crippen LogP contribution in [0.4, 0.5) is 0 Å². The normalized spacial score (nSPS) is 12.3. The quantitative estimate of drug-likeness (QED) is 0.693. The maximum absolute atomic E-state index is 6.35. The predicted molar refractivity (Wildman–Crippen MR) is 92.3 cm³/mol. The Morgan fingerprint density at radius 3 is 2.52 bits per heavy atom. The molecule has 1 nitrogen and oxygen atoms in total. The summed E-state index contributed by atoms with van der Waals surface area (Å²) < 4.78 is 0. The molecule has 112 valence electrons. The van der Waals surface area contributed by atoms with Crippen LogP contribution in [0, 0.1) is 0 Å². The van der Waals surface area contributed by atoms with E-state index in [-0.39, 0.29) is 6.04 Å². The number of halogens is 2. The van der Waals surface area contributed by atoms with Gasteiger partial charge in [-0.2, -0.15) is 0 Å². The molecule has 0 saturated carbocycles. The van der Waals surface area contributed by atoms with Crippen LogP contribution in [0.2, 0.25) is 10.0 Å². The van der Waals surface area contributed by atoms with Crippen LogP contribution in [0.25, 0.3) is 0 Å². The third kappa shape index (κ3) is 5.03. The highest BCUT2D eigenvalue weighted by Gasteiger charge is 2.14. The van der Waals surface area contributed by atoms with E-state index >= 15 is 0 Å². The second kappa shape index (κ2) is 8.43. The van der Waals surface area contributed by atoms with Gasteiger partial charge in [0.05, 0.1) is 0 Å². The van der Waals surface area contributed by atoms with Gasteiger partial charge in [-0.1, -0.05) is 60.5 Å². The molecule has 2 aromatic carbocycles. The minimum absolute atomic E-state index is 0.233. The lowest BCUT2D eigenvalue weighted by atomic mass is 9.98. The molecule has 3 heteroatoms. The van der Waals surface area contributed by atoms with E-state index in [0.29, 0.717) is 0 Å². The third-order valence-electron chi connectivity index (χ3n) is 3.54. The molecular weight excluding hydrogens is 301 g/mol. The van der Waals surface area contributed by atoms with Crippen molar-refractivity contribution in [2.45, 2.75) is 32.2 Å². The Hall–Kier alpha value is -1.02. The van der Waals surface area contributed by atoms with E-state index in [1.807, 2.05) is 24.3 Å². The Bertz CT molecular complexity index is 554. The summed E-state index contributed by atoms with van der Waals surface area (Å²) in [5, 5.41) is 5.09. The summed E-state index contributed by atoms with van der Waals surface area (Å²) in [5.74, 6) is 0. The number of nitrogens with one attached hydrogen (secondary N) is 1. The second-order valence-corrected chi connectivity index (χ2v) is 6.04. The average molecular weight is 322 g/mol. The number of rotatable bonds is 7. The minimum atomic E-state index is 0.233. The fraction of sp³-hybridized carbons (Fsp3) is 0.333. The topological polar surface area (TPSA) is 12.0 Å². The molecule has 0 amide bonds. The molecule has 21 heavy (non-hydrogen) atoms. The van der Waals surface area contributed by atoms with Gasteiger partial charge in [0.1, 0.15) is 0 Å². The first kappa shape index (κ1) is 16.4. The maximum Gasteiger partial charge on any atom is 0.0454 e. The number of aryl methyl sites for hydroxylation is 1. The Labute approximate surface area is 137 Å². The lowest BCUT2D eigenvalue weighted by Gasteiger charge is -2.20. The van der Waals surface area contributed by atoms with Gasteiger partial charge in [-0.05, 0) is 55.1 Å². The van der Waals surface area contributed by atoms with Gasteiger partial charge in [-0.25, -0.2) is 0 Å². The average Bonchev–Trinajstić information content (AvgIpc) is 2.51. The van der Waals surface area contributed by atoms with Crippen molar-refractivity contribution < 1.29 is 0 Å². The van der Waals surface area contributed by atoms with Crippen molar-refractivity contribution in [1.29, 1.82) is 0 Å². The molecule has 0 fully saturated rings. The zero-order chi connectivity index (χ0) is 15.1. The fourth-order valence-corrected chi connectivity index (χ4v) is 2.85. The van der Waals surface area contributed by atoms with E-state index in [1.165, 1.54) is 5.56 Å². The van der Waals surface area contributed by atoms with E-state index in [9.17, 15) is 0 Å². The summed E-state index contributed by atoms with van der Waals surface area (Å²) in [6, 6.07) is 16.5. The van der Waals surface area contributed by atoms with Crippen molar-refractivity contribution in [3.8, 4) is 0 Å². The third-order valence-corrected chi connectivity index (χ3v) is 4.12. The Balaban J connectivity index is 2.12. The van der Waals surface area contributed by atoms with E-state index in [0.717, 1.165) is 41.4 Å². The monoisotopic (exact) mass is 321 g/mol. The molecule has 0 spiro atoms. The zero-order valence-corrected chi connectivity index (χ0v) is 13.8. The summed E-state index contributed by atoms with van der Waals surface area (Å²) in [6.07, 6.45) is 3.12. The van der Waals surface area contributed by atoms with E-state index in [1.54, 1.807) is 0 Å². The first-order valence-corrected chi connectivity index (χ1v) is 8.18.